The molecule has 0 aromatic heterocycles. The summed E-state index contributed by atoms with van der Waals surface area (Å²) in [7, 11) is 0. The van der Waals surface area contributed by atoms with Crippen molar-refractivity contribution in [2.75, 3.05) is 5.43 Å². The van der Waals surface area contributed by atoms with E-state index in [1.165, 1.54) is 18.2 Å². The lowest BCUT2D eigenvalue weighted by atomic mass is 10.2. The van der Waals surface area contributed by atoms with Gasteiger partial charge in [-0.2, -0.15) is 0 Å². The molecule has 5 nitrogen and oxygen atoms in total. The molecule has 0 heterocycles. The molecule has 0 radical (unpaired) electrons. The molecule has 64 valence electrons. The highest BCUT2D eigenvalue weighted by molar-refractivity contribution is 5.91. The van der Waals surface area contributed by atoms with Gasteiger partial charge in [0, 0.05) is 5.69 Å². The third kappa shape index (κ3) is 1.46. The predicted molar refractivity (Wildman–Crippen MR) is 42.9 cm³/mol. The van der Waals surface area contributed by atoms with Crippen LogP contribution in [0.5, 0.6) is 5.75 Å². The van der Waals surface area contributed by atoms with Crippen molar-refractivity contribution in [3.8, 4) is 5.75 Å². The Labute approximate surface area is 68.4 Å². The van der Waals surface area contributed by atoms with Crippen molar-refractivity contribution in [3.63, 3.8) is 0 Å². The molecular weight excluding hydrogens is 160 g/mol. The highest BCUT2D eigenvalue weighted by atomic mass is 16.4. The first-order chi connectivity index (χ1) is 5.65. The summed E-state index contributed by atoms with van der Waals surface area (Å²) in [6.07, 6.45) is 0. The van der Waals surface area contributed by atoms with Gasteiger partial charge in [-0.15, -0.1) is 0 Å². The van der Waals surface area contributed by atoms with E-state index in [1.54, 1.807) is 0 Å². The first-order valence-corrected chi connectivity index (χ1v) is 3.18. The van der Waals surface area contributed by atoms with Gasteiger partial charge in [0.15, 0.2) is 0 Å². The molecule has 0 unspecified atom stereocenters. The van der Waals surface area contributed by atoms with E-state index in [1.807, 2.05) is 0 Å². The molecule has 0 amide bonds. The first-order valence-electron chi connectivity index (χ1n) is 3.18. The van der Waals surface area contributed by atoms with Gasteiger partial charge < -0.3 is 15.6 Å². The Morgan fingerprint density at radius 2 is 2.17 bits per heavy atom. The first kappa shape index (κ1) is 8.35. The van der Waals surface area contributed by atoms with Gasteiger partial charge >= 0.3 is 5.97 Å². The molecule has 1 rings (SSSR count). The number of nitrogens with two attached hydrogens (primary N) is 1. The zero-order valence-electron chi connectivity index (χ0n) is 6.11. The van der Waals surface area contributed by atoms with Crippen molar-refractivity contribution in [3.05, 3.63) is 23.8 Å². The predicted octanol–water partition coefficient (Wildman–Crippen LogP) is 0.376. The fourth-order valence-electron chi connectivity index (χ4n) is 0.797. The maximum atomic E-state index is 10.5. The molecule has 12 heavy (non-hydrogen) atoms. The molecule has 0 aliphatic carbocycles. The summed E-state index contributed by atoms with van der Waals surface area (Å²) in [6, 6.07) is 3.98. The van der Waals surface area contributed by atoms with Crippen LogP contribution in [0.3, 0.4) is 0 Å². The molecule has 1 aromatic carbocycles. The molecule has 0 atom stereocenters. The maximum Gasteiger partial charge on any atom is 0.339 e. The average Bonchev–Trinajstić information content (AvgIpc) is 2.05. The lowest BCUT2D eigenvalue weighted by Crippen LogP contribution is -2.07. The summed E-state index contributed by atoms with van der Waals surface area (Å²) in [5.74, 6) is 3.58. The molecule has 0 saturated carbocycles. The molecule has 0 fully saturated rings. The molecule has 0 spiro atoms. The van der Waals surface area contributed by atoms with Gasteiger partial charge in [0.2, 0.25) is 0 Å². The Kier molecular flexibility index (Phi) is 2.16. The zero-order valence-corrected chi connectivity index (χ0v) is 6.11. The highest BCUT2D eigenvalue weighted by Gasteiger charge is 2.08. The lowest BCUT2D eigenvalue weighted by Gasteiger charge is -2.02. The van der Waals surface area contributed by atoms with Crippen LogP contribution in [0.1, 0.15) is 10.4 Å². The Balaban J connectivity index is 3.17. The topological polar surface area (TPSA) is 95.6 Å². The van der Waals surface area contributed by atoms with E-state index < -0.39 is 5.97 Å². The highest BCUT2D eigenvalue weighted by Crippen LogP contribution is 2.20. The number of hydrazine groups is 1. The van der Waals surface area contributed by atoms with Crippen LogP contribution >= 0.6 is 0 Å². The molecule has 1 aromatic rings. The van der Waals surface area contributed by atoms with Gasteiger partial charge in [0.05, 0.1) is 0 Å². The molecular formula is C7H8N2O3. The standard InChI is InChI=1S/C7H8N2O3/c8-9-4-1-2-6(10)5(3-4)7(11)12/h1-3,9-10H,8H2,(H,11,12). The minimum atomic E-state index is -1.19. The number of aromatic carboxylic acids is 1. The van der Waals surface area contributed by atoms with Crippen LogP contribution in [0.15, 0.2) is 18.2 Å². The van der Waals surface area contributed by atoms with Crippen LogP contribution in [0.25, 0.3) is 0 Å². The number of carboxylic acid groups (broad SMARTS) is 1. The number of benzene rings is 1. The number of carboxylic acids is 1. The van der Waals surface area contributed by atoms with Crippen molar-refractivity contribution in [1.29, 1.82) is 0 Å². The number of aromatic hydroxyl groups is 1. The largest absolute Gasteiger partial charge is 0.507 e. The SMILES string of the molecule is NNc1ccc(O)c(C(=O)O)c1. The summed E-state index contributed by atoms with van der Waals surface area (Å²) in [4.78, 5) is 10.5. The van der Waals surface area contributed by atoms with Crippen molar-refractivity contribution in [1.82, 2.24) is 0 Å². The summed E-state index contributed by atoms with van der Waals surface area (Å²) in [5, 5.41) is 17.6. The van der Waals surface area contributed by atoms with Crippen LogP contribution in [0, 0.1) is 0 Å². The minimum Gasteiger partial charge on any atom is -0.507 e. The lowest BCUT2D eigenvalue weighted by molar-refractivity contribution is 0.0694. The molecule has 0 saturated heterocycles. The van der Waals surface area contributed by atoms with Crippen LogP contribution in [0.4, 0.5) is 5.69 Å². The monoisotopic (exact) mass is 168 g/mol. The second kappa shape index (κ2) is 3.10. The normalized spacial score (nSPS) is 9.42. The third-order valence-corrected chi connectivity index (χ3v) is 1.39. The Hall–Kier alpha value is -1.75. The number of carbonyl (C=O) groups is 1. The number of hydrogen-bond donors (Lipinski definition) is 4. The molecule has 5 heteroatoms. The zero-order chi connectivity index (χ0) is 9.14. The smallest absolute Gasteiger partial charge is 0.339 e. The van der Waals surface area contributed by atoms with E-state index in [9.17, 15) is 4.79 Å². The van der Waals surface area contributed by atoms with E-state index in [0.717, 1.165) is 0 Å². The van der Waals surface area contributed by atoms with Gasteiger partial charge in [0.25, 0.3) is 0 Å². The molecule has 0 aliphatic rings. The fourth-order valence-corrected chi connectivity index (χ4v) is 0.797. The molecule has 0 aliphatic heterocycles. The van der Waals surface area contributed by atoms with Crippen molar-refractivity contribution < 1.29 is 15.0 Å². The fraction of sp³-hybridized carbons (Fsp3) is 0. The van der Waals surface area contributed by atoms with Gasteiger partial charge in [-0.1, -0.05) is 0 Å². The van der Waals surface area contributed by atoms with Crippen LogP contribution in [0.2, 0.25) is 0 Å². The van der Waals surface area contributed by atoms with E-state index in [-0.39, 0.29) is 11.3 Å². The Morgan fingerprint density at radius 3 is 2.67 bits per heavy atom. The Morgan fingerprint density at radius 1 is 1.50 bits per heavy atom. The van der Waals surface area contributed by atoms with Crippen LogP contribution < -0.4 is 11.3 Å². The van der Waals surface area contributed by atoms with Gasteiger partial charge in [0.1, 0.15) is 11.3 Å². The van der Waals surface area contributed by atoms with E-state index >= 15 is 0 Å². The third-order valence-electron chi connectivity index (χ3n) is 1.39. The minimum absolute atomic E-state index is 0.176. The average molecular weight is 168 g/mol. The van der Waals surface area contributed by atoms with Crippen LogP contribution in [-0.4, -0.2) is 16.2 Å². The van der Waals surface area contributed by atoms with Gasteiger partial charge in [-0.25, -0.2) is 4.79 Å². The number of anilines is 1. The quantitative estimate of drug-likeness (QED) is 0.291. The molecule has 5 N–H and O–H groups in total. The van der Waals surface area contributed by atoms with Gasteiger partial charge in [-0.05, 0) is 18.2 Å². The second-order valence-corrected chi connectivity index (χ2v) is 2.18. The number of phenols is 1. The summed E-state index contributed by atoms with van der Waals surface area (Å²) >= 11 is 0. The summed E-state index contributed by atoms with van der Waals surface area (Å²) in [5.41, 5.74) is 2.53. The number of rotatable bonds is 2. The van der Waals surface area contributed by atoms with Crippen LogP contribution in [-0.2, 0) is 0 Å². The van der Waals surface area contributed by atoms with E-state index in [4.69, 9.17) is 16.1 Å². The van der Waals surface area contributed by atoms with Crippen molar-refractivity contribution >= 4 is 11.7 Å². The number of nitrogen functional groups attached to an aromatic ring is 1. The number of nitrogens with one attached hydrogen (secondary N) is 1. The Bertz CT molecular complexity index is 312. The van der Waals surface area contributed by atoms with Crippen molar-refractivity contribution in [2.45, 2.75) is 0 Å². The summed E-state index contributed by atoms with van der Waals surface area (Å²) in [6.45, 7) is 0. The molecule has 0 bridgehead atoms. The summed E-state index contributed by atoms with van der Waals surface area (Å²) < 4.78 is 0. The number of hydrogen-bond acceptors (Lipinski definition) is 4. The van der Waals surface area contributed by atoms with E-state index in [0.29, 0.717) is 5.69 Å². The van der Waals surface area contributed by atoms with Crippen molar-refractivity contribution in [2.24, 2.45) is 5.84 Å². The van der Waals surface area contributed by atoms with Gasteiger partial charge in [-0.3, -0.25) is 5.84 Å². The maximum absolute atomic E-state index is 10.5. The second-order valence-electron chi connectivity index (χ2n) is 2.18. The van der Waals surface area contributed by atoms with E-state index in [2.05, 4.69) is 5.43 Å².